The number of hydrogen-bond donors (Lipinski definition) is 1. The Hall–Kier alpha value is -0.330. The van der Waals surface area contributed by atoms with Crippen LogP contribution < -0.4 is 0 Å². The summed E-state index contributed by atoms with van der Waals surface area (Å²) < 4.78 is 10.6. The average molecular weight is 376 g/mol. The van der Waals surface area contributed by atoms with Gasteiger partial charge in [-0.2, -0.15) is 0 Å². The Morgan fingerprint density at radius 3 is 2.41 bits per heavy atom. The van der Waals surface area contributed by atoms with Crippen LogP contribution in [0.1, 0.15) is 52.9 Å². The number of carbonyl (C=O) groups excluding carboxylic acids is 1. The molecule has 1 saturated heterocycles. The second-order valence-corrected chi connectivity index (χ2v) is 9.27. The number of aliphatic hydroxyl groups is 1. The quantitative estimate of drug-likeness (QED) is 0.715. The van der Waals surface area contributed by atoms with Gasteiger partial charge in [-0.1, -0.05) is 56.0 Å². The molecule has 3 aliphatic rings. The Labute approximate surface area is 140 Å². The molecule has 1 N–H and O–H groups in total. The number of fused-ring (bicyclic) bond motifs is 1. The second-order valence-electron chi connectivity index (χ2n) is 7.96. The van der Waals surface area contributed by atoms with E-state index in [-0.39, 0.29) is 29.9 Å². The summed E-state index contributed by atoms with van der Waals surface area (Å²) in [5.41, 5.74) is -1.01. The molecule has 22 heavy (non-hydrogen) atoms. The molecule has 1 aliphatic heterocycles. The van der Waals surface area contributed by atoms with Crippen LogP contribution in [0.2, 0.25) is 0 Å². The van der Waals surface area contributed by atoms with Crippen LogP contribution in [0.5, 0.6) is 0 Å². The Morgan fingerprint density at radius 2 is 1.91 bits per heavy atom. The number of halogens is 1. The van der Waals surface area contributed by atoms with Crippen LogP contribution in [0.25, 0.3) is 0 Å². The largest absolute Gasteiger partial charge is 0.453 e. The molecule has 126 valence electrons. The first-order chi connectivity index (χ1) is 10.2. The second kappa shape index (κ2) is 5.08. The van der Waals surface area contributed by atoms with Gasteiger partial charge in [0.15, 0.2) is 0 Å². The fraction of sp³-hybridized carbons (Fsp3) is 0.938. The number of ether oxygens (including phenoxy) is 2. The maximum Gasteiger partial charge on any atom is 0.411 e. The van der Waals surface area contributed by atoms with Gasteiger partial charge in [0, 0.05) is 5.41 Å². The molecular formula is C16H26BrNO4. The average Bonchev–Trinajstić information content (AvgIpc) is 2.85. The lowest BCUT2D eigenvalue weighted by Gasteiger charge is -2.43. The predicted octanol–water partition coefficient (Wildman–Crippen LogP) is 3.04. The molecule has 0 aromatic carbocycles. The van der Waals surface area contributed by atoms with Crippen LogP contribution in [0.4, 0.5) is 4.79 Å². The summed E-state index contributed by atoms with van der Waals surface area (Å²) in [6, 6.07) is -0.160. The van der Waals surface area contributed by atoms with E-state index in [9.17, 15) is 9.90 Å². The fourth-order valence-electron chi connectivity index (χ4n) is 4.18. The SMILES string of the molecule is COC(=O)N1C(C(C)(C)C)OC2C1C2(Br)C1(O)CCCCC1. The van der Waals surface area contributed by atoms with Gasteiger partial charge in [-0.15, -0.1) is 0 Å². The standard InChI is InChI=1S/C16H26BrNO4/c1-14(2,3)12-18(13(19)21-4)10-11(22-12)16(10,17)15(20)8-6-5-7-9-15/h10-12,20H,5-9H2,1-4H3. The first-order valence-electron chi connectivity index (χ1n) is 8.10. The fourth-order valence-corrected chi connectivity index (χ4v) is 5.26. The molecule has 3 rings (SSSR count). The van der Waals surface area contributed by atoms with Gasteiger partial charge >= 0.3 is 6.09 Å². The topological polar surface area (TPSA) is 59.0 Å². The van der Waals surface area contributed by atoms with E-state index in [1.165, 1.54) is 7.11 Å². The lowest BCUT2D eigenvalue weighted by atomic mass is 9.80. The molecule has 0 radical (unpaired) electrons. The van der Waals surface area contributed by atoms with Crippen molar-refractivity contribution in [3.8, 4) is 0 Å². The van der Waals surface area contributed by atoms with E-state index in [1.54, 1.807) is 4.90 Å². The summed E-state index contributed by atoms with van der Waals surface area (Å²) in [6.07, 6.45) is 3.83. The summed E-state index contributed by atoms with van der Waals surface area (Å²) in [5.74, 6) is 0. The van der Waals surface area contributed by atoms with Gasteiger partial charge in [-0.3, -0.25) is 4.90 Å². The molecule has 1 heterocycles. The van der Waals surface area contributed by atoms with E-state index in [4.69, 9.17) is 9.47 Å². The number of alkyl halides is 1. The lowest BCUT2D eigenvalue weighted by molar-refractivity contribution is -0.105. The molecular weight excluding hydrogens is 350 g/mol. The van der Waals surface area contributed by atoms with E-state index in [0.29, 0.717) is 0 Å². The number of rotatable bonds is 1. The lowest BCUT2D eigenvalue weighted by Crippen LogP contribution is -2.55. The van der Waals surface area contributed by atoms with Crippen molar-refractivity contribution in [3.05, 3.63) is 0 Å². The molecule has 2 saturated carbocycles. The first-order valence-corrected chi connectivity index (χ1v) is 8.89. The molecule has 3 fully saturated rings. The van der Waals surface area contributed by atoms with Gasteiger partial charge in [-0.05, 0) is 12.8 Å². The third kappa shape index (κ3) is 2.13. The minimum Gasteiger partial charge on any atom is -0.453 e. The monoisotopic (exact) mass is 375 g/mol. The van der Waals surface area contributed by atoms with Crippen molar-refractivity contribution in [2.24, 2.45) is 5.41 Å². The molecule has 0 aromatic heterocycles. The van der Waals surface area contributed by atoms with E-state index >= 15 is 0 Å². The first kappa shape index (κ1) is 16.5. The molecule has 4 unspecified atom stereocenters. The van der Waals surface area contributed by atoms with E-state index < -0.39 is 9.93 Å². The summed E-state index contributed by atoms with van der Waals surface area (Å²) in [7, 11) is 1.39. The Morgan fingerprint density at radius 1 is 1.32 bits per heavy atom. The van der Waals surface area contributed by atoms with Gasteiger partial charge in [-0.25, -0.2) is 4.79 Å². The summed E-state index contributed by atoms with van der Waals surface area (Å²) in [6.45, 7) is 6.14. The number of nitrogens with zero attached hydrogens (tertiary/aromatic N) is 1. The minimum absolute atomic E-state index is 0.160. The van der Waals surface area contributed by atoms with E-state index in [1.807, 2.05) is 20.8 Å². The summed E-state index contributed by atoms with van der Waals surface area (Å²) in [4.78, 5) is 14.0. The van der Waals surface area contributed by atoms with Crippen LogP contribution in [0, 0.1) is 5.41 Å². The predicted molar refractivity (Wildman–Crippen MR) is 85.8 cm³/mol. The summed E-state index contributed by atoms with van der Waals surface area (Å²) >= 11 is 3.76. The normalized spacial score (nSPS) is 40.3. The van der Waals surface area contributed by atoms with E-state index in [0.717, 1.165) is 32.1 Å². The highest BCUT2D eigenvalue weighted by molar-refractivity contribution is 9.10. The summed E-state index contributed by atoms with van der Waals surface area (Å²) in [5, 5.41) is 11.1. The third-order valence-electron chi connectivity index (χ3n) is 5.37. The molecule has 6 heteroatoms. The van der Waals surface area contributed by atoms with Gasteiger partial charge in [0.2, 0.25) is 0 Å². The smallest absolute Gasteiger partial charge is 0.411 e. The Balaban J connectivity index is 1.88. The van der Waals surface area contributed by atoms with Crippen molar-refractivity contribution in [1.29, 1.82) is 0 Å². The highest BCUT2D eigenvalue weighted by atomic mass is 79.9. The molecule has 4 atom stereocenters. The van der Waals surface area contributed by atoms with Crippen molar-refractivity contribution >= 4 is 22.0 Å². The van der Waals surface area contributed by atoms with Gasteiger partial charge in [0.05, 0.1) is 18.8 Å². The van der Waals surface area contributed by atoms with Crippen LogP contribution in [0.15, 0.2) is 0 Å². The Bertz CT molecular complexity index is 471. The van der Waals surface area contributed by atoms with Crippen LogP contribution in [-0.4, -0.2) is 51.5 Å². The maximum atomic E-state index is 12.3. The molecule has 5 nitrogen and oxygen atoms in total. The Kier molecular flexibility index (Phi) is 3.82. The van der Waals surface area contributed by atoms with Gasteiger partial charge in [0.1, 0.15) is 16.7 Å². The highest BCUT2D eigenvalue weighted by Crippen LogP contribution is 2.65. The van der Waals surface area contributed by atoms with Gasteiger partial charge < -0.3 is 14.6 Å². The molecule has 0 spiro atoms. The zero-order valence-electron chi connectivity index (χ0n) is 13.8. The molecule has 0 bridgehead atoms. The van der Waals surface area contributed by atoms with Gasteiger partial charge in [0.25, 0.3) is 0 Å². The van der Waals surface area contributed by atoms with Crippen LogP contribution >= 0.6 is 15.9 Å². The number of carbonyl (C=O) groups is 1. The van der Waals surface area contributed by atoms with Crippen LogP contribution in [-0.2, 0) is 9.47 Å². The number of hydrogen-bond acceptors (Lipinski definition) is 4. The van der Waals surface area contributed by atoms with Crippen molar-refractivity contribution in [3.63, 3.8) is 0 Å². The van der Waals surface area contributed by atoms with Crippen molar-refractivity contribution in [2.45, 2.75) is 81.2 Å². The van der Waals surface area contributed by atoms with Crippen molar-refractivity contribution in [2.75, 3.05) is 7.11 Å². The van der Waals surface area contributed by atoms with Crippen molar-refractivity contribution < 1.29 is 19.4 Å². The number of methoxy groups -OCH3 is 1. The maximum absolute atomic E-state index is 12.3. The third-order valence-corrected chi connectivity index (χ3v) is 7.03. The van der Waals surface area contributed by atoms with Crippen molar-refractivity contribution in [1.82, 2.24) is 4.90 Å². The molecule has 0 aromatic rings. The van der Waals surface area contributed by atoms with E-state index in [2.05, 4.69) is 15.9 Å². The number of amides is 1. The minimum atomic E-state index is -0.810. The zero-order valence-corrected chi connectivity index (χ0v) is 15.4. The van der Waals surface area contributed by atoms with Crippen LogP contribution in [0.3, 0.4) is 0 Å². The highest BCUT2D eigenvalue weighted by Gasteiger charge is 2.81. The molecule has 2 aliphatic carbocycles. The zero-order chi connectivity index (χ0) is 16.3. The molecule has 1 amide bonds.